The minimum atomic E-state index is -1.000. The van der Waals surface area contributed by atoms with E-state index >= 15 is 0 Å². The van der Waals surface area contributed by atoms with Crippen molar-refractivity contribution in [2.75, 3.05) is 13.2 Å². The maximum absolute atomic E-state index is 11.0. The smallest absolute Gasteiger partial charge is 0.391 e. The summed E-state index contributed by atoms with van der Waals surface area (Å²) >= 11 is 0. The Kier molecular flexibility index (Phi) is 3.04. The fourth-order valence-corrected chi connectivity index (χ4v) is 1.62. The lowest BCUT2D eigenvalue weighted by molar-refractivity contribution is -0.422. The fraction of sp³-hybridized carbons (Fsp3) is 0.250. The van der Waals surface area contributed by atoms with Gasteiger partial charge in [0.2, 0.25) is 5.75 Å². The predicted molar refractivity (Wildman–Crippen MR) is 59.5 cm³/mol. The highest BCUT2D eigenvalue weighted by atomic mass is 16.6. The molecule has 19 heavy (non-hydrogen) atoms. The van der Waals surface area contributed by atoms with Crippen molar-refractivity contribution in [3.63, 3.8) is 0 Å². The minimum absolute atomic E-state index is 0.0336. The van der Waals surface area contributed by atoms with Crippen LogP contribution in [0, 0.1) is 20.2 Å². The van der Waals surface area contributed by atoms with Gasteiger partial charge in [-0.25, -0.2) is 0 Å². The van der Waals surface area contributed by atoms with Crippen LogP contribution in [0.25, 0.3) is 10.4 Å². The normalized spacial score (nSPS) is 12.4. The number of benzene rings is 1. The molecule has 1 aromatic rings. The molecule has 1 aliphatic rings. The summed E-state index contributed by atoms with van der Waals surface area (Å²) < 4.78 is 10.1. The second-order valence-electron chi connectivity index (χ2n) is 3.32. The van der Waals surface area contributed by atoms with Crippen molar-refractivity contribution in [2.45, 2.75) is 0 Å². The van der Waals surface area contributed by atoms with Crippen LogP contribution in [-0.2, 0) is 0 Å². The summed E-state index contributed by atoms with van der Waals surface area (Å²) in [6.45, 7) is 0.170. The maximum atomic E-state index is 11.0. The zero-order chi connectivity index (χ0) is 14.0. The van der Waals surface area contributed by atoms with Gasteiger partial charge >= 0.3 is 11.4 Å². The standard InChI is InChI=1S/C8H5N5O6/c9-11-10-4-3-5-8(19-2-1-18-5)7(13(16)17)6(4)12(14)15/h3H,1-2H2. The zero-order valence-corrected chi connectivity index (χ0v) is 9.18. The minimum Gasteiger partial charge on any atom is -0.486 e. The van der Waals surface area contributed by atoms with E-state index in [2.05, 4.69) is 10.0 Å². The summed E-state index contributed by atoms with van der Waals surface area (Å²) in [5.41, 5.74) is 6.05. The molecule has 11 heteroatoms. The summed E-state index contributed by atoms with van der Waals surface area (Å²) in [4.78, 5) is 22.3. The van der Waals surface area contributed by atoms with Gasteiger partial charge in [0.1, 0.15) is 18.9 Å². The molecule has 0 saturated heterocycles. The highest BCUT2D eigenvalue weighted by Crippen LogP contribution is 2.50. The van der Waals surface area contributed by atoms with Crippen LogP contribution in [0.3, 0.4) is 0 Å². The number of rotatable bonds is 3. The molecule has 0 aromatic heterocycles. The van der Waals surface area contributed by atoms with Gasteiger partial charge < -0.3 is 9.47 Å². The number of hydrogen-bond acceptors (Lipinski definition) is 7. The van der Waals surface area contributed by atoms with E-state index in [1.54, 1.807) is 0 Å². The Hall–Kier alpha value is -3.07. The third-order valence-corrected chi connectivity index (χ3v) is 2.28. The molecule has 0 aliphatic carbocycles. The number of fused-ring (bicyclic) bond motifs is 1. The molecule has 1 aliphatic heterocycles. The van der Waals surface area contributed by atoms with Crippen LogP contribution in [0.15, 0.2) is 11.2 Å². The average Bonchev–Trinajstić information content (AvgIpc) is 2.37. The van der Waals surface area contributed by atoms with Crippen LogP contribution >= 0.6 is 0 Å². The van der Waals surface area contributed by atoms with E-state index in [0.717, 1.165) is 6.07 Å². The quantitative estimate of drug-likeness (QED) is 0.269. The first-order chi connectivity index (χ1) is 9.06. The Morgan fingerprint density at radius 3 is 2.42 bits per heavy atom. The Balaban J connectivity index is 2.84. The lowest BCUT2D eigenvalue weighted by Crippen LogP contribution is -2.17. The van der Waals surface area contributed by atoms with E-state index in [-0.39, 0.29) is 24.7 Å². The molecular weight excluding hydrogens is 262 g/mol. The average molecular weight is 267 g/mol. The van der Waals surface area contributed by atoms with E-state index in [0.29, 0.717) is 0 Å². The zero-order valence-electron chi connectivity index (χ0n) is 9.18. The first kappa shape index (κ1) is 12.4. The van der Waals surface area contributed by atoms with Crippen LogP contribution in [0.4, 0.5) is 17.1 Å². The van der Waals surface area contributed by atoms with E-state index in [1.165, 1.54) is 0 Å². The van der Waals surface area contributed by atoms with Crippen molar-refractivity contribution >= 4 is 17.1 Å². The van der Waals surface area contributed by atoms with E-state index in [1.807, 2.05) is 0 Å². The molecule has 0 amide bonds. The molecule has 0 bridgehead atoms. The Morgan fingerprint density at radius 2 is 1.84 bits per heavy atom. The second-order valence-corrected chi connectivity index (χ2v) is 3.32. The molecule has 0 saturated carbocycles. The van der Waals surface area contributed by atoms with Gasteiger partial charge in [-0.3, -0.25) is 20.2 Å². The second kappa shape index (κ2) is 4.66. The summed E-state index contributed by atoms with van der Waals surface area (Å²) in [7, 11) is 0. The number of azide groups is 1. The third kappa shape index (κ3) is 2.05. The van der Waals surface area contributed by atoms with Crippen molar-refractivity contribution in [1.82, 2.24) is 0 Å². The van der Waals surface area contributed by atoms with Gasteiger partial charge in [-0.05, 0) is 5.53 Å². The first-order valence-electron chi connectivity index (χ1n) is 4.86. The van der Waals surface area contributed by atoms with Gasteiger partial charge in [-0.15, -0.1) is 0 Å². The van der Waals surface area contributed by atoms with E-state index in [4.69, 9.17) is 15.0 Å². The highest BCUT2D eigenvalue weighted by molar-refractivity contribution is 5.78. The lowest BCUT2D eigenvalue weighted by atomic mass is 10.2. The summed E-state index contributed by atoms with van der Waals surface area (Å²) in [5.74, 6) is -0.397. The molecular formula is C8H5N5O6. The van der Waals surface area contributed by atoms with Gasteiger partial charge in [-0.1, -0.05) is 5.11 Å². The predicted octanol–water partition coefficient (Wildman–Crippen LogP) is 2.22. The van der Waals surface area contributed by atoms with E-state index in [9.17, 15) is 20.2 Å². The fourth-order valence-electron chi connectivity index (χ4n) is 1.62. The SMILES string of the molecule is [N-]=[N+]=Nc1cc2c(c([N+](=O)[O-])c1[N+](=O)[O-])OCCO2. The van der Waals surface area contributed by atoms with Crippen LogP contribution in [0.5, 0.6) is 11.5 Å². The molecule has 98 valence electrons. The highest BCUT2D eigenvalue weighted by Gasteiger charge is 2.38. The van der Waals surface area contributed by atoms with Gasteiger partial charge in [0, 0.05) is 11.0 Å². The van der Waals surface area contributed by atoms with Crippen LogP contribution in [0.2, 0.25) is 0 Å². The molecule has 0 radical (unpaired) electrons. The van der Waals surface area contributed by atoms with Gasteiger partial charge in [-0.2, -0.15) is 0 Å². The van der Waals surface area contributed by atoms with Crippen molar-refractivity contribution in [3.05, 3.63) is 36.7 Å². The summed E-state index contributed by atoms with van der Waals surface area (Å²) in [6.07, 6.45) is 0. The molecule has 2 rings (SSSR count). The Labute approximate surface area is 104 Å². The summed E-state index contributed by atoms with van der Waals surface area (Å²) in [5, 5.41) is 25.0. The Morgan fingerprint density at radius 1 is 1.21 bits per heavy atom. The molecule has 0 atom stereocenters. The first-order valence-corrected chi connectivity index (χ1v) is 4.86. The van der Waals surface area contributed by atoms with Crippen LogP contribution in [0.1, 0.15) is 0 Å². The summed E-state index contributed by atoms with van der Waals surface area (Å²) in [6, 6.07) is 1.04. The van der Waals surface area contributed by atoms with Gasteiger partial charge in [0.15, 0.2) is 5.75 Å². The van der Waals surface area contributed by atoms with Crippen molar-refractivity contribution in [1.29, 1.82) is 0 Å². The number of nitro groups is 2. The van der Waals surface area contributed by atoms with Crippen molar-refractivity contribution in [3.8, 4) is 11.5 Å². The molecule has 0 unspecified atom stereocenters. The Bertz CT molecular complexity index is 623. The molecule has 0 spiro atoms. The van der Waals surface area contributed by atoms with Crippen molar-refractivity contribution in [2.24, 2.45) is 5.11 Å². The monoisotopic (exact) mass is 267 g/mol. The molecule has 1 heterocycles. The molecule has 1 aromatic carbocycles. The number of ether oxygens (including phenoxy) is 2. The molecule has 0 fully saturated rings. The van der Waals surface area contributed by atoms with Crippen molar-refractivity contribution < 1.29 is 19.3 Å². The number of nitrogens with zero attached hydrogens (tertiary/aromatic N) is 5. The van der Waals surface area contributed by atoms with E-state index < -0.39 is 26.9 Å². The lowest BCUT2D eigenvalue weighted by Gasteiger charge is -2.18. The van der Waals surface area contributed by atoms with Crippen LogP contribution < -0.4 is 9.47 Å². The maximum Gasteiger partial charge on any atom is 0.391 e. The number of hydrogen-bond donors (Lipinski definition) is 0. The van der Waals surface area contributed by atoms with Gasteiger partial charge in [0.25, 0.3) is 0 Å². The third-order valence-electron chi connectivity index (χ3n) is 2.28. The molecule has 11 nitrogen and oxygen atoms in total. The topological polar surface area (TPSA) is 154 Å². The molecule has 0 N–H and O–H groups in total. The number of nitro benzene ring substituents is 2. The van der Waals surface area contributed by atoms with Gasteiger partial charge in [0.05, 0.1) is 9.85 Å². The largest absolute Gasteiger partial charge is 0.486 e. The van der Waals surface area contributed by atoms with Crippen LogP contribution in [-0.4, -0.2) is 23.1 Å².